The molecule has 0 saturated heterocycles. The molecule has 2 aromatic rings. The maximum absolute atomic E-state index is 12.0. The molecule has 0 aliphatic rings. The van der Waals surface area contributed by atoms with Crippen molar-refractivity contribution in [3.8, 4) is 11.8 Å². The van der Waals surface area contributed by atoms with Gasteiger partial charge in [0.2, 0.25) is 0 Å². The van der Waals surface area contributed by atoms with Crippen LogP contribution in [0.1, 0.15) is 15.9 Å². The molecule has 1 amide bonds. The fourth-order valence-corrected chi connectivity index (χ4v) is 1.74. The number of carbonyl (C=O) groups is 1. The Kier molecular flexibility index (Phi) is 3.69. The average Bonchev–Trinajstić information content (AvgIpc) is 2.42. The molecule has 0 saturated carbocycles. The van der Waals surface area contributed by atoms with E-state index in [1.807, 2.05) is 6.07 Å². The van der Waals surface area contributed by atoms with E-state index in [1.165, 1.54) is 18.2 Å². The van der Waals surface area contributed by atoms with Crippen LogP contribution in [0.15, 0.2) is 42.5 Å². The van der Waals surface area contributed by atoms with Crippen molar-refractivity contribution in [3.05, 3.63) is 58.6 Å². The van der Waals surface area contributed by atoms with Crippen molar-refractivity contribution in [3.63, 3.8) is 0 Å². The molecule has 0 atom stereocenters. The molecule has 2 N–H and O–H groups in total. The lowest BCUT2D eigenvalue weighted by Crippen LogP contribution is -2.13. The summed E-state index contributed by atoms with van der Waals surface area (Å²) in [5.41, 5.74) is 0.784. The van der Waals surface area contributed by atoms with Crippen molar-refractivity contribution in [1.82, 2.24) is 0 Å². The van der Waals surface area contributed by atoms with Crippen LogP contribution in [0.2, 0.25) is 5.02 Å². The zero-order valence-electron chi connectivity index (χ0n) is 9.72. The van der Waals surface area contributed by atoms with Gasteiger partial charge in [0.05, 0.1) is 16.8 Å². The van der Waals surface area contributed by atoms with Crippen molar-refractivity contribution in [2.24, 2.45) is 0 Å². The summed E-state index contributed by atoms with van der Waals surface area (Å²) in [6.07, 6.45) is 0. The molecular formula is C14H9ClN2O2. The number of rotatable bonds is 2. The van der Waals surface area contributed by atoms with E-state index in [2.05, 4.69) is 5.32 Å². The second-order valence-corrected chi connectivity index (χ2v) is 4.21. The van der Waals surface area contributed by atoms with Crippen LogP contribution in [0.25, 0.3) is 0 Å². The monoisotopic (exact) mass is 272 g/mol. The molecule has 2 aromatic carbocycles. The maximum Gasteiger partial charge on any atom is 0.259 e. The summed E-state index contributed by atoms with van der Waals surface area (Å²) in [5.74, 6) is -0.695. The number of phenols is 1. The summed E-state index contributed by atoms with van der Waals surface area (Å²) >= 11 is 5.78. The van der Waals surface area contributed by atoms with E-state index in [0.717, 1.165) is 0 Å². The van der Waals surface area contributed by atoms with Crippen molar-refractivity contribution >= 4 is 23.2 Å². The average molecular weight is 273 g/mol. The Morgan fingerprint density at radius 3 is 2.74 bits per heavy atom. The summed E-state index contributed by atoms with van der Waals surface area (Å²) in [7, 11) is 0. The van der Waals surface area contributed by atoms with Crippen LogP contribution >= 0.6 is 11.6 Å². The van der Waals surface area contributed by atoms with Crippen molar-refractivity contribution in [2.45, 2.75) is 0 Å². The summed E-state index contributed by atoms with van der Waals surface area (Å²) in [6.45, 7) is 0. The Labute approximate surface area is 114 Å². The number of nitrogens with one attached hydrogen (secondary N) is 1. The molecule has 0 unspecified atom stereocenters. The van der Waals surface area contributed by atoms with Crippen LogP contribution in [0.4, 0.5) is 5.69 Å². The van der Waals surface area contributed by atoms with Gasteiger partial charge in [-0.25, -0.2) is 0 Å². The van der Waals surface area contributed by atoms with Crippen LogP contribution in [0.5, 0.6) is 5.75 Å². The van der Waals surface area contributed by atoms with Crippen LogP contribution < -0.4 is 5.32 Å². The zero-order valence-corrected chi connectivity index (χ0v) is 10.5. The number of phenolic OH excluding ortho intramolecular Hbond substituents is 1. The number of hydrogen-bond donors (Lipinski definition) is 2. The first-order valence-corrected chi connectivity index (χ1v) is 5.78. The molecule has 0 fully saturated rings. The number of nitriles is 1. The fourth-order valence-electron chi connectivity index (χ4n) is 1.57. The van der Waals surface area contributed by atoms with Crippen LogP contribution in [-0.4, -0.2) is 11.0 Å². The number of para-hydroxylation sites is 1. The molecule has 2 rings (SSSR count). The molecule has 0 radical (unpaired) electrons. The standard InChI is InChI=1S/C14H9ClN2O2/c15-10-5-6-13(18)11(7-10)14(19)17-12-4-2-1-3-9(12)8-16/h1-7,18H,(H,17,19). The third-order valence-corrected chi connectivity index (χ3v) is 2.73. The van der Waals surface area contributed by atoms with Gasteiger partial charge in [-0.3, -0.25) is 4.79 Å². The number of carbonyl (C=O) groups excluding carboxylic acids is 1. The van der Waals surface area contributed by atoms with Crippen LogP contribution in [-0.2, 0) is 0 Å². The van der Waals surface area contributed by atoms with Gasteiger partial charge in [0.25, 0.3) is 5.91 Å². The lowest BCUT2D eigenvalue weighted by Gasteiger charge is -2.08. The Bertz CT molecular complexity index is 677. The smallest absolute Gasteiger partial charge is 0.259 e. The molecule has 5 heteroatoms. The highest BCUT2D eigenvalue weighted by Gasteiger charge is 2.13. The van der Waals surface area contributed by atoms with E-state index < -0.39 is 5.91 Å². The minimum atomic E-state index is -0.525. The van der Waals surface area contributed by atoms with Crippen LogP contribution in [0.3, 0.4) is 0 Å². The van der Waals surface area contributed by atoms with Crippen molar-refractivity contribution in [2.75, 3.05) is 5.32 Å². The molecule has 0 heterocycles. The quantitative estimate of drug-likeness (QED) is 0.882. The predicted molar refractivity (Wildman–Crippen MR) is 72.2 cm³/mol. The number of benzene rings is 2. The second-order valence-electron chi connectivity index (χ2n) is 3.77. The van der Waals surface area contributed by atoms with E-state index in [4.69, 9.17) is 16.9 Å². The molecule has 0 bridgehead atoms. The number of aromatic hydroxyl groups is 1. The molecule has 0 spiro atoms. The first kappa shape index (κ1) is 12.9. The Morgan fingerprint density at radius 1 is 1.26 bits per heavy atom. The normalized spacial score (nSPS) is 9.68. The van der Waals surface area contributed by atoms with Gasteiger partial charge in [0.1, 0.15) is 11.8 Å². The molecule has 4 nitrogen and oxygen atoms in total. The van der Waals surface area contributed by atoms with Gasteiger partial charge in [-0.2, -0.15) is 5.26 Å². The van der Waals surface area contributed by atoms with E-state index >= 15 is 0 Å². The van der Waals surface area contributed by atoms with E-state index in [9.17, 15) is 9.90 Å². The summed E-state index contributed by atoms with van der Waals surface area (Å²) in [5, 5.41) is 21.5. The molecule has 19 heavy (non-hydrogen) atoms. The number of nitrogens with zero attached hydrogens (tertiary/aromatic N) is 1. The van der Waals surface area contributed by atoms with E-state index in [1.54, 1.807) is 24.3 Å². The van der Waals surface area contributed by atoms with Crippen molar-refractivity contribution in [1.29, 1.82) is 5.26 Å². The number of hydrogen-bond acceptors (Lipinski definition) is 3. The lowest BCUT2D eigenvalue weighted by atomic mass is 10.1. The van der Waals surface area contributed by atoms with E-state index in [-0.39, 0.29) is 11.3 Å². The minimum absolute atomic E-state index is 0.0558. The third kappa shape index (κ3) is 2.84. The number of anilines is 1. The Morgan fingerprint density at radius 2 is 2.00 bits per heavy atom. The van der Waals surface area contributed by atoms with Gasteiger partial charge in [0, 0.05) is 5.02 Å². The summed E-state index contributed by atoms with van der Waals surface area (Å²) in [4.78, 5) is 12.0. The lowest BCUT2D eigenvalue weighted by molar-refractivity contribution is 0.102. The SMILES string of the molecule is N#Cc1ccccc1NC(=O)c1cc(Cl)ccc1O. The van der Waals surface area contributed by atoms with Gasteiger partial charge < -0.3 is 10.4 Å². The summed E-state index contributed by atoms with van der Waals surface area (Å²) < 4.78 is 0. The molecular weight excluding hydrogens is 264 g/mol. The highest BCUT2D eigenvalue weighted by atomic mass is 35.5. The molecule has 0 aromatic heterocycles. The van der Waals surface area contributed by atoms with Gasteiger partial charge in [-0.15, -0.1) is 0 Å². The molecule has 0 aliphatic carbocycles. The highest BCUT2D eigenvalue weighted by molar-refractivity contribution is 6.31. The predicted octanol–water partition coefficient (Wildman–Crippen LogP) is 3.17. The van der Waals surface area contributed by atoms with Gasteiger partial charge in [-0.05, 0) is 30.3 Å². The Hall–Kier alpha value is -2.51. The summed E-state index contributed by atoms with van der Waals surface area (Å²) in [6, 6.07) is 12.8. The number of halogens is 1. The third-order valence-electron chi connectivity index (χ3n) is 2.50. The molecule has 94 valence electrons. The first-order valence-electron chi connectivity index (χ1n) is 5.41. The van der Waals surface area contributed by atoms with Crippen molar-refractivity contribution < 1.29 is 9.90 Å². The Balaban J connectivity index is 2.31. The van der Waals surface area contributed by atoms with E-state index in [0.29, 0.717) is 16.3 Å². The minimum Gasteiger partial charge on any atom is -0.507 e. The highest BCUT2D eigenvalue weighted by Crippen LogP contribution is 2.23. The topological polar surface area (TPSA) is 73.1 Å². The maximum atomic E-state index is 12.0. The van der Waals surface area contributed by atoms with Crippen LogP contribution in [0, 0.1) is 11.3 Å². The van der Waals surface area contributed by atoms with Gasteiger partial charge >= 0.3 is 0 Å². The second kappa shape index (κ2) is 5.42. The van der Waals surface area contributed by atoms with Gasteiger partial charge in [-0.1, -0.05) is 23.7 Å². The first-order chi connectivity index (χ1) is 9.11. The number of amides is 1. The zero-order chi connectivity index (χ0) is 13.8. The largest absolute Gasteiger partial charge is 0.507 e. The van der Waals surface area contributed by atoms with Gasteiger partial charge in [0.15, 0.2) is 0 Å². The fraction of sp³-hybridized carbons (Fsp3) is 0. The molecule has 0 aliphatic heterocycles.